The van der Waals surface area contributed by atoms with Gasteiger partial charge in [0.05, 0.1) is 10.4 Å². The zero-order chi connectivity index (χ0) is 16.2. The van der Waals surface area contributed by atoms with Crippen molar-refractivity contribution < 1.29 is 17.9 Å². The van der Waals surface area contributed by atoms with Crippen LogP contribution in [0.3, 0.4) is 0 Å². The number of halogens is 1. The normalized spacial score (nSPS) is 15.9. The van der Waals surface area contributed by atoms with E-state index in [1.54, 1.807) is 24.3 Å². The molecule has 0 radical (unpaired) electrons. The monoisotopic (exact) mass is 326 g/mol. The van der Waals surface area contributed by atoms with Gasteiger partial charge in [-0.2, -0.15) is 0 Å². The van der Waals surface area contributed by atoms with Crippen molar-refractivity contribution in [3.63, 3.8) is 0 Å². The summed E-state index contributed by atoms with van der Waals surface area (Å²) in [5.74, 6) is -1.25. The quantitative estimate of drug-likeness (QED) is 0.688. The van der Waals surface area contributed by atoms with Crippen molar-refractivity contribution in [3.8, 4) is 0 Å². The molecule has 0 N–H and O–H groups in total. The molecule has 1 aromatic heterocycles. The number of nitrogens with zero attached hydrogens (tertiary/aromatic N) is 1. The van der Waals surface area contributed by atoms with Gasteiger partial charge in [-0.15, -0.1) is 0 Å². The molecule has 114 valence electrons. The molecule has 3 aromatic rings. The first-order valence-electron chi connectivity index (χ1n) is 6.81. The van der Waals surface area contributed by atoms with Gasteiger partial charge < -0.3 is 5.11 Å². The Balaban J connectivity index is 2.05. The Morgan fingerprint density at radius 3 is 2.57 bits per heavy atom. The third-order valence-electron chi connectivity index (χ3n) is 3.75. The van der Waals surface area contributed by atoms with E-state index in [1.807, 2.05) is 0 Å². The summed E-state index contributed by atoms with van der Waals surface area (Å²) in [6.45, 7) is 0. The lowest BCUT2D eigenvalue weighted by Crippen LogP contribution is -2.04. The average molecular weight is 326 g/mol. The van der Waals surface area contributed by atoms with Gasteiger partial charge in [0.2, 0.25) is 9.84 Å². The minimum absolute atomic E-state index is 0.0305. The topological polar surface area (TPSA) is 70.1 Å². The number of rotatable bonds is 1. The maximum atomic E-state index is 13.4. The van der Waals surface area contributed by atoms with Gasteiger partial charge in [-0.25, -0.2) is 17.8 Å². The fourth-order valence-electron chi connectivity index (χ4n) is 2.72. The van der Waals surface area contributed by atoms with Crippen molar-refractivity contribution >= 4 is 31.4 Å². The first-order chi connectivity index (χ1) is 11.0. The van der Waals surface area contributed by atoms with E-state index in [2.05, 4.69) is 4.98 Å². The summed E-state index contributed by atoms with van der Waals surface area (Å²) in [4.78, 5) is 3.71. The van der Waals surface area contributed by atoms with Gasteiger partial charge in [0.25, 0.3) is 0 Å². The van der Waals surface area contributed by atoms with E-state index in [0.717, 1.165) is 6.07 Å². The van der Waals surface area contributed by atoms with Gasteiger partial charge in [0.15, 0.2) is 5.03 Å². The number of para-hydroxylation sites is 1. The molecule has 0 spiro atoms. The van der Waals surface area contributed by atoms with Crippen LogP contribution in [0.15, 0.2) is 59.6 Å². The molecule has 4 nitrogen and oxygen atoms in total. The smallest absolute Gasteiger partial charge is 0.224 e. The minimum atomic E-state index is -4.07. The summed E-state index contributed by atoms with van der Waals surface area (Å²) < 4.78 is 38.8. The second-order valence-corrected chi connectivity index (χ2v) is 7.01. The maximum absolute atomic E-state index is 13.4. The predicted octanol–water partition coefficient (Wildman–Crippen LogP) is 2.35. The summed E-state index contributed by atoms with van der Waals surface area (Å²) in [6.07, 6.45) is 0. The summed E-state index contributed by atoms with van der Waals surface area (Å²) in [7, 11) is -4.07. The van der Waals surface area contributed by atoms with Crippen LogP contribution in [0.2, 0.25) is 0 Å². The molecule has 2 aromatic carbocycles. The number of hydrogen-bond donors (Lipinski definition) is 0. The SMILES string of the molecule is O=S1(=O)C(c2cccc(F)c2)=C([O-])c2cc3ccccc3nc21. The van der Waals surface area contributed by atoms with Crippen molar-refractivity contribution in [2.75, 3.05) is 0 Å². The van der Waals surface area contributed by atoms with Crippen molar-refractivity contribution in [1.82, 2.24) is 4.98 Å². The Morgan fingerprint density at radius 2 is 1.78 bits per heavy atom. The summed E-state index contributed by atoms with van der Waals surface area (Å²) in [5.41, 5.74) is 0.558. The highest BCUT2D eigenvalue weighted by atomic mass is 32.2. The zero-order valence-corrected chi connectivity index (χ0v) is 12.5. The number of aromatic nitrogens is 1. The predicted molar refractivity (Wildman–Crippen MR) is 82.1 cm³/mol. The van der Waals surface area contributed by atoms with Crippen LogP contribution < -0.4 is 5.11 Å². The van der Waals surface area contributed by atoms with Crippen LogP contribution >= 0.6 is 0 Å². The molecule has 23 heavy (non-hydrogen) atoms. The second-order valence-electron chi connectivity index (χ2n) is 5.21. The van der Waals surface area contributed by atoms with E-state index in [9.17, 15) is 17.9 Å². The Kier molecular flexibility index (Phi) is 2.80. The Hall–Kier alpha value is -2.73. The molecule has 4 rings (SSSR count). The highest BCUT2D eigenvalue weighted by Crippen LogP contribution is 2.41. The zero-order valence-electron chi connectivity index (χ0n) is 11.7. The fraction of sp³-hybridized carbons (Fsp3) is 0. The van der Waals surface area contributed by atoms with Crippen LogP contribution in [0, 0.1) is 5.82 Å². The molecule has 0 saturated heterocycles. The largest absolute Gasteiger partial charge is 0.871 e. The van der Waals surface area contributed by atoms with Gasteiger partial charge in [0.1, 0.15) is 5.82 Å². The second kappa shape index (κ2) is 4.63. The number of benzene rings is 2. The number of sulfone groups is 1. The summed E-state index contributed by atoms with van der Waals surface area (Å²) in [5, 5.41) is 13.0. The van der Waals surface area contributed by atoms with E-state index in [1.165, 1.54) is 24.3 Å². The van der Waals surface area contributed by atoms with Gasteiger partial charge >= 0.3 is 0 Å². The van der Waals surface area contributed by atoms with E-state index in [-0.39, 0.29) is 16.2 Å². The van der Waals surface area contributed by atoms with Crippen LogP contribution in [0.4, 0.5) is 4.39 Å². The third kappa shape index (κ3) is 1.95. The Bertz CT molecular complexity index is 1100. The van der Waals surface area contributed by atoms with Crippen molar-refractivity contribution in [2.24, 2.45) is 0 Å². The molecule has 0 bridgehead atoms. The van der Waals surface area contributed by atoms with Crippen LogP contribution in [-0.2, 0) is 9.84 Å². The first-order valence-corrected chi connectivity index (χ1v) is 8.29. The fourth-order valence-corrected chi connectivity index (χ4v) is 4.37. The van der Waals surface area contributed by atoms with Crippen molar-refractivity contribution in [2.45, 2.75) is 5.03 Å². The molecule has 1 aliphatic heterocycles. The molecule has 0 saturated carbocycles. The molecule has 0 aliphatic carbocycles. The minimum Gasteiger partial charge on any atom is -0.871 e. The van der Waals surface area contributed by atoms with Crippen LogP contribution in [0.25, 0.3) is 21.6 Å². The Morgan fingerprint density at radius 1 is 1.00 bits per heavy atom. The molecule has 0 atom stereocenters. The van der Waals surface area contributed by atoms with Crippen molar-refractivity contribution in [1.29, 1.82) is 0 Å². The highest BCUT2D eigenvalue weighted by molar-refractivity contribution is 8.01. The number of hydrogen-bond acceptors (Lipinski definition) is 4. The number of pyridine rings is 1. The Labute approximate surface area is 131 Å². The van der Waals surface area contributed by atoms with E-state index in [0.29, 0.717) is 10.9 Å². The molecular weight excluding hydrogens is 317 g/mol. The lowest BCUT2D eigenvalue weighted by Gasteiger charge is -2.11. The number of fused-ring (bicyclic) bond motifs is 2. The molecule has 0 fully saturated rings. The standard InChI is InChI=1S/C17H10FNO3S/c18-12-6-3-5-11(8-12)16-15(20)13-9-10-4-1-2-7-14(10)19-17(13)23(16,21)22/h1-9,20H/p-1. The maximum Gasteiger partial charge on any atom is 0.224 e. The van der Waals surface area contributed by atoms with E-state index in [4.69, 9.17) is 0 Å². The van der Waals surface area contributed by atoms with Gasteiger partial charge in [0, 0.05) is 10.9 Å². The molecule has 2 heterocycles. The third-order valence-corrected chi connectivity index (χ3v) is 5.53. The molecule has 1 aliphatic rings. The van der Waals surface area contributed by atoms with Crippen LogP contribution in [-0.4, -0.2) is 13.4 Å². The van der Waals surface area contributed by atoms with E-state index < -0.39 is 26.3 Å². The lowest BCUT2D eigenvalue weighted by atomic mass is 10.1. The summed E-state index contributed by atoms with van der Waals surface area (Å²) >= 11 is 0. The van der Waals surface area contributed by atoms with Crippen molar-refractivity contribution in [3.05, 3.63) is 71.5 Å². The lowest BCUT2D eigenvalue weighted by molar-refractivity contribution is -0.242. The van der Waals surface area contributed by atoms with Crippen LogP contribution in [0.1, 0.15) is 11.1 Å². The van der Waals surface area contributed by atoms with Gasteiger partial charge in [-0.05, 0) is 29.8 Å². The van der Waals surface area contributed by atoms with Gasteiger partial charge in [-0.1, -0.05) is 36.1 Å². The summed E-state index contributed by atoms with van der Waals surface area (Å²) in [6, 6.07) is 13.5. The van der Waals surface area contributed by atoms with E-state index >= 15 is 0 Å². The molecular formula is C17H9FNO3S-. The highest BCUT2D eigenvalue weighted by Gasteiger charge is 2.34. The molecule has 0 amide bonds. The first kappa shape index (κ1) is 13.9. The average Bonchev–Trinajstić information content (AvgIpc) is 2.72. The van der Waals surface area contributed by atoms with Gasteiger partial charge in [-0.3, -0.25) is 0 Å². The van der Waals surface area contributed by atoms with Crippen LogP contribution in [0.5, 0.6) is 0 Å². The molecule has 0 unspecified atom stereocenters. The molecule has 6 heteroatoms.